The Kier molecular flexibility index (Phi) is 1.94. The lowest BCUT2D eigenvalue weighted by atomic mass is 9.93. The number of halogens is 1. The summed E-state index contributed by atoms with van der Waals surface area (Å²) in [6, 6.07) is 10.1. The SMILES string of the molecule is FC1CCc2nc3ccccc3cc2C1. The molecule has 0 bridgehead atoms. The number of aromatic nitrogens is 1. The third-order valence-corrected chi connectivity index (χ3v) is 3.03. The van der Waals surface area contributed by atoms with Gasteiger partial charge in [-0.25, -0.2) is 4.39 Å². The molecule has 1 nitrogen and oxygen atoms in total. The lowest BCUT2D eigenvalue weighted by molar-refractivity contribution is 0.300. The molecule has 3 rings (SSSR count). The first kappa shape index (κ1) is 8.84. The van der Waals surface area contributed by atoms with Crippen molar-refractivity contribution < 1.29 is 4.39 Å². The predicted molar refractivity (Wildman–Crippen MR) is 58.7 cm³/mol. The maximum absolute atomic E-state index is 13.2. The second-order valence-electron chi connectivity index (χ2n) is 4.13. The van der Waals surface area contributed by atoms with Crippen LogP contribution in [0.1, 0.15) is 17.7 Å². The molecular weight excluding hydrogens is 189 g/mol. The smallest absolute Gasteiger partial charge is 0.105 e. The maximum atomic E-state index is 13.2. The lowest BCUT2D eigenvalue weighted by Gasteiger charge is -2.18. The Morgan fingerprint density at radius 2 is 2.13 bits per heavy atom. The van der Waals surface area contributed by atoms with Crippen LogP contribution in [0.25, 0.3) is 10.9 Å². The number of nitrogens with zero attached hydrogens (tertiary/aromatic N) is 1. The van der Waals surface area contributed by atoms with Gasteiger partial charge in [0.15, 0.2) is 0 Å². The minimum absolute atomic E-state index is 0.535. The Morgan fingerprint density at radius 1 is 1.27 bits per heavy atom. The van der Waals surface area contributed by atoms with E-state index in [1.54, 1.807) is 0 Å². The Morgan fingerprint density at radius 3 is 3.07 bits per heavy atom. The Hall–Kier alpha value is -1.44. The molecule has 0 N–H and O–H groups in total. The average molecular weight is 201 g/mol. The Bertz CT molecular complexity index is 507. The normalized spacial score (nSPS) is 20.2. The zero-order valence-corrected chi connectivity index (χ0v) is 8.41. The molecule has 0 saturated carbocycles. The van der Waals surface area contributed by atoms with Crippen LogP contribution in [0.2, 0.25) is 0 Å². The molecule has 2 aromatic rings. The van der Waals surface area contributed by atoms with Gasteiger partial charge in [0, 0.05) is 17.5 Å². The van der Waals surface area contributed by atoms with Crippen molar-refractivity contribution in [3.8, 4) is 0 Å². The Balaban J connectivity index is 2.20. The van der Waals surface area contributed by atoms with Gasteiger partial charge >= 0.3 is 0 Å². The van der Waals surface area contributed by atoms with Gasteiger partial charge in [0.25, 0.3) is 0 Å². The van der Waals surface area contributed by atoms with Crippen molar-refractivity contribution in [3.63, 3.8) is 0 Å². The molecule has 15 heavy (non-hydrogen) atoms. The van der Waals surface area contributed by atoms with Gasteiger partial charge in [-0.05, 0) is 30.5 Å². The van der Waals surface area contributed by atoms with Gasteiger partial charge in [-0.2, -0.15) is 0 Å². The second-order valence-corrected chi connectivity index (χ2v) is 4.13. The third-order valence-electron chi connectivity index (χ3n) is 3.03. The highest BCUT2D eigenvalue weighted by molar-refractivity contribution is 5.79. The van der Waals surface area contributed by atoms with Gasteiger partial charge in [0.2, 0.25) is 0 Å². The van der Waals surface area contributed by atoms with E-state index >= 15 is 0 Å². The minimum Gasteiger partial charge on any atom is -0.253 e. The van der Waals surface area contributed by atoms with E-state index in [9.17, 15) is 4.39 Å². The zero-order chi connectivity index (χ0) is 10.3. The summed E-state index contributed by atoms with van der Waals surface area (Å²) in [5.74, 6) is 0. The molecule has 0 amide bonds. The monoisotopic (exact) mass is 201 g/mol. The first-order valence-electron chi connectivity index (χ1n) is 5.34. The summed E-state index contributed by atoms with van der Waals surface area (Å²) in [6.07, 6.45) is 1.26. The summed E-state index contributed by atoms with van der Waals surface area (Å²) < 4.78 is 13.2. The van der Waals surface area contributed by atoms with Crippen molar-refractivity contribution in [2.24, 2.45) is 0 Å². The average Bonchev–Trinajstić information content (AvgIpc) is 2.26. The number of fused-ring (bicyclic) bond motifs is 2. The van der Waals surface area contributed by atoms with E-state index in [1.807, 2.05) is 24.3 Å². The largest absolute Gasteiger partial charge is 0.253 e. The molecule has 2 heteroatoms. The quantitative estimate of drug-likeness (QED) is 0.638. The second kappa shape index (κ2) is 3.30. The number of rotatable bonds is 0. The zero-order valence-electron chi connectivity index (χ0n) is 8.41. The van der Waals surface area contributed by atoms with Crippen molar-refractivity contribution in [2.45, 2.75) is 25.4 Å². The van der Waals surface area contributed by atoms with E-state index in [-0.39, 0.29) is 0 Å². The van der Waals surface area contributed by atoms with Gasteiger partial charge in [-0.3, -0.25) is 4.98 Å². The predicted octanol–water partition coefficient (Wildman–Crippen LogP) is 3.06. The van der Waals surface area contributed by atoms with Crippen LogP contribution in [-0.2, 0) is 12.8 Å². The highest BCUT2D eigenvalue weighted by Gasteiger charge is 2.19. The van der Waals surface area contributed by atoms with Crippen LogP contribution in [0.5, 0.6) is 0 Å². The van der Waals surface area contributed by atoms with Gasteiger partial charge in [0.05, 0.1) is 5.52 Å². The fourth-order valence-electron chi connectivity index (χ4n) is 2.23. The number of para-hydroxylation sites is 1. The van der Waals surface area contributed by atoms with Gasteiger partial charge in [-0.1, -0.05) is 18.2 Å². The summed E-state index contributed by atoms with van der Waals surface area (Å²) >= 11 is 0. The van der Waals surface area contributed by atoms with Crippen molar-refractivity contribution in [1.82, 2.24) is 4.98 Å². The van der Waals surface area contributed by atoms with Gasteiger partial charge < -0.3 is 0 Å². The molecule has 0 radical (unpaired) electrons. The first-order chi connectivity index (χ1) is 7.33. The van der Waals surface area contributed by atoms with E-state index in [2.05, 4.69) is 11.1 Å². The molecule has 1 unspecified atom stereocenters. The number of pyridine rings is 1. The molecule has 1 aromatic carbocycles. The van der Waals surface area contributed by atoms with E-state index in [4.69, 9.17) is 0 Å². The fraction of sp³-hybridized carbons (Fsp3) is 0.308. The van der Waals surface area contributed by atoms with Gasteiger partial charge in [-0.15, -0.1) is 0 Å². The molecular formula is C13H12FN. The maximum Gasteiger partial charge on any atom is 0.105 e. The van der Waals surface area contributed by atoms with E-state index in [0.29, 0.717) is 12.8 Å². The van der Waals surface area contributed by atoms with Crippen molar-refractivity contribution >= 4 is 10.9 Å². The fourth-order valence-corrected chi connectivity index (χ4v) is 2.23. The van der Waals surface area contributed by atoms with Crippen LogP contribution in [0.3, 0.4) is 0 Å². The Labute approximate surface area is 88.0 Å². The topological polar surface area (TPSA) is 12.9 Å². The lowest BCUT2D eigenvalue weighted by Crippen LogP contribution is -2.16. The number of benzene rings is 1. The van der Waals surface area contributed by atoms with Crippen LogP contribution in [0.15, 0.2) is 30.3 Å². The molecule has 0 fully saturated rings. The summed E-state index contributed by atoms with van der Waals surface area (Å²) in [4.78, 5) is 4.58. The molecule has 1 aliphatic rings. The van der Waals surface area contributed by atoms with E-state index in [1.165, 1.54) is 0 Å². The molecule has 1 aromatic heterocycles. The molecule has 0 spiro atoms. The summed E-state index contributed by atoms with van der Waals surface area (Å²) in [6.45, 7) is 0. The molecule has 1 atom stereocenters. The highest BCUT2D eigenvalue weighted by Crippen LogP contribution is 2.25. The molecule has 1 heterocycles. The first-order valence-corrected chi connectivity index (χ1v) is 5.34. The van der Waals surface area contributed by atoms with Crippen molar-refractivity contribution in [1.29, 1.82) is 0 Å². The van der Waals surface area contributed by atoms with Crippen LogP contribution < -0.4 is 0 Å². The molecule has 0 saturated heterocycles. The van der Waals surface area contributed by atoms with Crippen LogP contribution in [0.4, 0.5) is 4.39 Å². The molecule has 1 aliphatic carbocycles. The number of hydrogen-bond donors (Lipinski definition) is 0. The number of alkyl halides is 1. The van der Waals surface area contributed by atoms with E-state index < -0.39 is 6.17 Å². The summed E-state index contributed by atoms with van der Waals surface area (Å²) in [5, 5.41) is 1.12. The summed E-state index contributed by atoms with van der Waals surface area (Å²) in [7, 11) is 0. The van der Waals surface area contributed by atoms with Crippen LogP contribution >= 0.6 is 0 Å². The van der Waals surface area contributed by atoms with Crippen molar-refractivity contribution in [2.75, 3.05) is 0 Å². The molecule has 0 aliphatic heterocycles. The van der Waals surface area contributed by atoms with Gasteiger partial charge in [0.1, 0.15) is 6.17 Å². The van der Waals surface area contributed by atoms with Crippen LogP contribution in [-0.4, -0.2) is 11.2 Å². The number of hydrogen-bond acceptors (Lipinski definition) is 1. The summed E-state index contributed by atoms with van der Waals surface area (Å²) in [5.41, 5.74) is 3.20. The third kappa shape index (κ3) is 1.50. The number of aryl methyl sites for hydroxylation is 1. The minimum atomic E-state index is -0.680. The van der Waals surface area contributed by atoms with E-state index in [0.717, 1.165) is 28.6 Å². The van der Waals surface area contributed by atoms with Crippen LogP contribution in [0, 0.1) is 0 Å². The highest BCUT2D eigenvalue weighted by atomic mass is 19.1. The molecule has 76 valence electrons. The standard InChI is InChI=1S/C13H12FN/c14-11-5-6-13-10(8-11)7-9-3-1-2-4-12(9)15-13/h1-4,7,11H,5-6,8H2. The van der Waals surface area contributed by atoms with Crippen molar-refractivity contribution in [3.05, 3.63) is 41.6 Å².